The predicted octanol–water partition coefficient (Wildman–Crippen LogP) is 1.48. The molecule has 3 nitrogen and oxygen atoms in total. The van der Waals surface area contributed by atoms with E-state index in [2.05, 4.69) is 0 Å². The minimum atomic E-state index is 0.169. The second-order valence-corrected chi connectivity index (χ2v) is 3.07. The topological polar surface area (TPSA) is 55.5 Å². The van der Waals surface area contributed by atoms with Crippen LogP contribution in [0.5, 0.6) is 11.5 Å². The lowest BCUT2D eigenvalue weighted by Gasteiger charge is -2.13. The largest absolute Gasteiger partial charge is 0.504 e. The number of phenolic OH excluding ortho intramolecular Hbond substituents is 1. The average Bonchev–Trinajstić information content (AvgIpc) is 2.04. The maximum absolute atomic E-state index is 9.75. The number of ether oxygens (including phenoxy) is 1. The summed E-state index contributed by atoms with van der Waals surface area (Å²) in [7, 11) is 1.54. The van der Waals surface area contributed by atoms with Gasteiger partial charge in [-0.05, 0) is 25.0 Å². The standard InChI is InChI=1S/C10H15NO2/c1-6-4-7(2)10(13-3)9(12)8(6)5-11/h4,12H,5,11H2,1-3H3. The van der Waals surface area contributed by atoms with Crippen LogP contribution in [0.1, 0.15) is 16.7 Å². The lowest BCUT2D eigenvalue weighted by atomic mass is 10.0. The van der Waals surface area contributed by atoms with Crippen molar-refractivity contribution < 1.29 is 9.84 Å². The second-order valence-electron chi connectivity index (χ2n) is 3.07. The van der Waals surface area contributed by atoms with Gasteiger partial charge in [-0.15, -0.1) is 0 Å². The van der Waals surface area contributed by atoms with Crippen LogP contribution in [-0.4, -0.2) is 12.2 Å². The van der Waals surface area contributed by atoms with Gasteiger partial charge in [0.05, 0.1) is 7.11 Å². The van der Waals surface area contributed by atoms with Gasteiger partial charge < -0.3 is 15.6 Å². The Hall–Kier alpha value is -1.22. The van der Waals surface area contributed by atoms with E-state index in [-0.39, 0.29) is 5.75 Å². The molecule has 0 spiro atoms. The van der Waals surface area contributed by atoms with Crippen molar-refractivity contribution in [2.45, 2.75) is 20.4 Å². The molecule has 3 heteroatoms. The summed E-state index contributed by atoms with van der Waals surface area (Å²) < 4.78 is 5.07. The maximum Gasteiger partial charge on any atom is 0.163 e. The van der Waals surface area contributed by atoms with Crippen molar-refractivity contribution in [1.29, 1.82) is 0 Å². The summed E-state index contributed by atoms with van der Waals surface area (Å²) in [6, 6.07) is 1.96. The minimum Gasteiger partial charge on any atom is -0.504 e. The Labute approximate surface area is 78.1 Å². The molecular formula is C10H15NO2. The third-order valence-electron chi connectivity index (χ3n) is 2.18. The number of benzene rings is 1. The van der Waals surface area contributed by atoms with Crippen molar-refractivity contribution >= 4 is 0 Å². The molecule has 13 heavy (non-hydrogen) atoms. The first-order valence-electron chi connectivity index (χ1n) is 4.18. The minimum absolute atomic E-state index is 0.169. The van der Waals surface area contributed by atoms with Crippen LogP contribution in [0.25, 0.3) is 0 Å². The lowest BCUT2D eigenvalue weighted by molar-refractivity contribution is 0.367. The Balaban J connectivity index is 3.39. The molecule has 1 rings (SSSR count). The Morgan fingerprint density at radius 3 is 2.46 bits per heavy atom. The number of phenols is 1. The summed E-state index contributed by atoms with van der Waals surface area (Å²) in [5.74, 6) is 0.688. The molecule has 0 heterocycles. The van der Waals surface area contributed by atoms with Gasteiger partial charge in [-0.25, -0.2) is 0 Å². The molecule has 0 saturated heterocycles. The highest BCUT2D eigenvalue weighted by Crippen LogP contribution is 2.35. The Morgan fingerprint density at radius 1 is 1.38 bits per heavy atom. The normalized spacial score (nSPS) is 10.2. The van der Waals surface area contributed by atoms with Gasteiger partial charge >= 0.3 is 0 Å². The molecule has 0 unspecified atom stereocenters. The Bertz CT molecular complexity index is 293. The van der Waals surface area contributed by atoms with Crippen LogP contribution in [0.3, 0.4) is 0 Å². The molecule has 0 amide bonds. The van der Waals surface area contributed by atoms with Crippen molar-refractivity contribution in [3.8, 4) is 11.5 Å². The van der Waals surface area contributed by atoms with Crippen LogP contribution in [0.15, 0.2) is 6.07 Å². The smallest absolute Gasteiger partial charge is 0.163 e. The third kappa shape index (κ3) is 1.60. The van der Waals surface area contributed by atoms with E-state index in [9.17, 15) is 5.11 Å². The molecule has 3 N–H and O–H groups in total. The zero-order valence-corrected chi connectivity index (χ0v) is 8.22. The molecule has 1 aromatic carbocycles. The van der Waals surface area contributed by atoms with Crippen LogP contribution < -0.4 is 10.5 Å². The van der Waals surface area contributed by atoms with Crippen LogP contribution in [-0.2, 0) is 6.54 Å². The van der Waals surface area contributed by atoms with E-state index in [1.54, 1.807) is 0 Å². The van der Waals surface area contributed by atoms with Crippen molar-refractivity contribution in [3.05, 3.63) is 22.8 Å². The highest BCUT2D eigenvalue weighted by molar-refractivity contribution is 5.53. The van der Waals surface area contributed by atoms with E-state index < -0.39 is 0 Å². The number of hydrogen-bond acceptors (Lipinski definition) is 3. The zero-order valence-electron chi connectivity index (χ0n) is 8.22. The summed E-state index contributed by atoms with van der Waals surface area (Å²) in [6.45, 7) is 4.15. The summed E-state index contributed by atoms with van der Waals surface area (Å²) >= 11 is 0. The Kier molecular flexibility index (Phi) is 2.78. The SMILES string of the molecule is COc1c(C)cc(C)c(CN)c1O. The van der Waals surface area contributed by atoms with Crippen LogP contribution in [0.2, 0.25) is 0 Å². The number of hydrogen-bond donors (Lipinski definition) is 2. The first kappa shape index (κ1) is 9.86. The molecule has 0 aliphatic carbocycles. The van der Waals surface area contributed by atoms with Crippen molar-refractivity contribution in [2.24, 2.45) is 5.73 Å². The highest BCUT2D eigenvalue weighted by Gasteiger charge is 2.12. The molecule has 0 bridgehead atoms. The number of aryl methyl sites for hydroxylation is 2. The van der Waals surface area contributed by atoms with Crippen molar-refractivity contribution in [1.82, 2.24) is 0 Å². The predicted molar refractivity (Wildman–Crippen MR) is 52.0 cm³/mol. The lowest BCUT2D eigenvalue weighted by Crippen LogP contribution is -2.02. The van der Waals surface area contributed by atoms with Gasteiger partial charge in [0.15, 0.2) is 11.5 Å². The zero-order chi connectivity index (χ0) is 10.0. The average molecular weight is 181 g/mol. The fraction of sp³-hybridized carbons (Fsp3) is 0.400. The molecule has 0 aliphatic heterocycles. The maximum atomic E-state index is 9.75. The molecule has 0 saturated carbocycles. The molecule has 72 valence electrons. The van der Waals surface area contributed by atoms with Crippen LogP contribution in [0.4, 0.5) is 0 Å². The van der Waals surface area contributed by atoms with Gasteiger partial charge in [0.1, 0.15) is 0 Å². The Morgan fingerprint density at radius 2 is 2.00 bits per heavy atom. The fourth-order valence-corrected chi connectivity index (χ4v) is 1.50. The van der Waals surface area contributed by atoms with E-state index in [1.165, 1.54) is 7.11 Å². The molecule has 0 aliphatic rings. The van der Waals surface area contributed by atoms with E-state index in [1.807, 2.05) is 19.9 Å². The summed E-state index contributed by atoms with van der Waals surface area (Å²) in [5, 5.41) is 9.75. The number of rotatable bonds is 2. The van der Waals surface area contributed by atoms with Gasteiger partial charge in [0, 0.05) is 12.1 Å². The van der Waals surface area contributed by atoms with Gasteiger partial charge in [-0.3, -0.25) is 0 Å². The summed E-state index contributed by atoms with van der Waals surface area (Å²) in [4.78, 5) is 0. The molecule has 0 aromatic heterocycles. The number of methoxy groups -OCH3 is 1. The van der Waals surface area contributed by atoms with Crippen molar-refractivity contribution in [3.63, 3.8) is 0 Å². The third-order valence-corrected chi connectivity index (χ3v) is 2.18. The fourth-order valence-electron chi connectivity index (χ4n) is 1.50. The van der Waals surface area contributed by atoms with Crippen LogP contribution >= 0.6 is 0 Å². The summed E-state index contributed by atoms with van der Waals surface area (Å²) in [6.07, 6.45) is 0. The van der Waals surface area contributed by atoms with E-state index in [0.717, 1.165) is 16.7 Å². The molecule has 0 radical (unpaired) electrons. The molecule has 1 aromatic rings. The monoisotopic (exact) mass is 181 g/mol. The van der Waals surface area contributed by atoms with Gasteiger partial charge in [0.25, 0.3) is 0 Å². The van der Waals surface area contributed by atoms with E-state index in [0.29, 0.717) is 12.3 Å². The van der Waals surface area contributed by atoms with Gasteiger partial charge in [0.2, 0.25) is 0 Å². The highest BCUT2D eigenvalue weighted by atomic mass is 16.5. The number of nitrogens with two attached hydrogens (primary N) is 1. The second kappa shape index (κ2) is 3.66. The first-order chi connectivity index (χ1) is 6.11. The molecule has 0 atom stereocenters. The summed E-state index contributed by atoms with van der Waals surface area (Å²) in [5.41, 5.74) is 8.19. The molecule has 0 fully saturated rings. The molecular weight excluding hydrogens is 166 g/mol. The van der Waals surface area contributed by atoms with Crippen LogP contribution in [0, 0.1) is 13.8 Å². The van der Waals surface area contributed by atoms with E-state index in [4.69, 9.17) is 10.5 Å². The van der Waals surface area contributed by atoms with Gasteiger partial charge in [-0.2, -0.15) is 0 Å². The number of aromatic hydroxyl groups is 1. The first-order valence-corrected chi connectivity index (χ1v) is 4.18. The van der Waals surface area contributed by atoms with Crippen molar-refractivity contribution in [2.75, 3.05) is 7.11 Å². The quantitative estimate of drug-likeness (QED) is 0.726. The van der Waals surface area contributed by atoms with E-state index >= 15 is 0 Å². The van der Waals surface area contributed by atoms with Gasteiger partial charge in [-0.1, -0.05) is 6.07 Å².